The van der Waals surface area contributed by atoms with E-state index in [2.05, 4.69) is 10.6 Å². The van der Waals surface area contributed by atoms with Crippen molar-refractivity contribution in [2.45, 2.75) is 32.9 Å². The first-order valence-electron chi connectivity index (χ1n) is 9.34. The van der Waals surface area contributed by atoms with Gasteiger partial charge in [0.1, 0.15) is 17.5 Å². The van der Waals surface area contributed by atoms with Crippen molar-refractivity contribution < 1.29 is 19.1 Å². The molecule has 150 valence electrons. The SMILES string of the molecule is CCC(C)C(NC(=O)c1ccccc1)C(=O)NCc1cc(OC)cc(OC)c1. The zero-order valence-electron chi connectivity index (χ0n) is 16.8. The van der Waals surface area contributed by atoms with Crippen LogP contribution in [0.2, 0.25) is 0 Å². The molecular formula is C22H28N2O4. The van der Waals surface area contributed by atoms with E-state index in [1.165, 1.54) is 0 Å². The molecule has 6 heteroatoms. The van der Waals surface area contributed by atoms with Crippen LogP contribution in [0.4, 0.5) is 0 Å². The Balaban J connectivity index is 2.08. The number of carbonyl (C=O) groups excluding carboxylic acids is 2. The van der Waals surface area contributed by atoms with Crippen LogP contribution in [0.1, 0.15) is 36.2 Å². The van der Waals surface area contributed by atoms with Gasteiger partial charge in [0, 0.05) is 18.2 Å². The molecule has 6 nitrogen and oxygen atoms in total. The van der Waals surface area contributed by atoms with Crippen LogP contribution >= 0.6 is 0 Å². The lowest BCUT2D eigenvalue weighted by Gasteiger charge is -2.23. The summed E-state index contributed by atoms with van der Waals surface area (Å²) in [6.07, 6.45) is 0.764. The number of rotatable bonds is 9. The van der Waals surface area contributed by atoms with E-state index in [0.717, 1.165) is 12.0 Å². The van der Waals surface area contributed by atoms with Gasteiger partial charge in [0.15, 0.2) is 0 Å². The summed E-state index contributed by atoms with van der Waals surface area (Å²) in [5.74, 6) is 0.816. The molecule has 0 aliphatic rings. The molecule has 28 heavy (non-hydrogen) atoms. The Kier molecular flexibility index (Phi) is 7.87. The number of amides is 2. The molecule has 0 aliphatic carbocycles. The number of methoxy groups -OCH3 is 2. The molecule has 2 amide bonds. The molecule has 0 aromatic heterocycles. The van der Waals surface area contributed by atoms with Gasteiger partial charge in [-0.3, -0.25) is 9.59 Å². The maximum atomic E-state index is 12.8. The molecule has 0 radical (unpaired) electrons. The van der Waals surface area contributed by atoms with Crippen molar-refractivity contribution in [2.24, 2.45) is 5.92 Å². The van der Waals surface area contributed by atoms with Gasteiger partial charge in [-0.15, -0.1) is 0 Å². The summed E-state index contributed by atoms with van der Waals surface area (Å²) in [5, 5.41) is 5.77. The fourth-order valence-corrected chi connectivity index (χ4v) is 2.78. The first-order chi connectivity index (χ1) is 13.5. The van der Waals surface area contributed by atoms with E-state index in [4.69, 9.17) is 9.47 Å². The highest BCUT2D eigenvalue weighted by atomic mass is 16.5. The lowest BCUT2D eigenvalue weighted by atomic mass is 9.97. The number of nitrogens with one attached hydrogen (secondary N) is 2. The summed E-state index contributed by atoms with van der Waals surface area (Å²) in [6.45, 7) is 4.25. The van der Waals surface area contributed by atoms with Crippen molar-refractivity contribution in [3.05, 3.63) is 59.7 Å². The standard InChI is InChI=1S/C22H28N2O4/c1-5-15(2)20(24-21(25)17-9-7-6-8-10-17)22(26)23-14-16-11-18(27-3)13-19(12-16)28-4/h6-13,15,20H,5,14H2,1-4H3,(H,23,26)(H,24,25). The van der Waals surface area contributed by atoms with E-state index in [1.807, 2.05) is 32.0 Å². The van der Waals surface area contributed by atoms with E-state index in [1.54, 1.807) is 44.6 Å². The molecule has 2 aromatic rings. The largest absolute Gasteiger partial charge is 0.497 e. The number of carbonyl (C=O) groups is 2. The lowest BCUT2D eigenvalue weighted by molar-refractivity contribution is -0.124. The molecule has 0 spiro atoms. The van der Waals surface area contributed by atoms with E-state index < -0.39 is 6.04 Å². The van der Waals surface area contributed by atoms with Gasteiger partial charge in [0.2, 0.25) is 5.91 Å². The molecule has 2 aromatic carbocycles. The van der Waals surface area contributed by atoms with Crippen LogP contribution in [0.3, 0.4) is 0 Å². The second-order valence-corrected chi connectivity index (χ2v) is 6.64. The third kappa shape index (κ3) is 5.74. The van der Waals surface area contributed by atoms with Gasteiger partial charge in [0.25, 0.3) is 5.91 Å². The molecule has 2 unspecified atom stereocenters. The van der Waals surface area contributed by atoms with Gasteiger partial charge in [-0.2, -0.15) is 0 Å². The molecule has 2 atom stereocenters. The minimum Gasteiger partial charge on any atom is -0.497 e. The van der Waals surface area contributed by atoms with E-state index in [9.17, 15) is 9.59 Å². The molecular weight excluding hydrogens is 356 g/mol. The topological polar surface area (TPSA) is 76.7 Å². The predicted octanol–water partition coefficient (Wildman–Crippen LogP) is 3.16. The quantitative estimate of drug-likeness (QED) is 0.696. The monoisotopic (exact) mass is 384 g/mol. The highest BCUT2D eigenvalue weighted by molar-refractivity contribution is 5.97. The minimum atomic E-state index is -0.620. The summed E-state index contributed by atoms with van der Waals surface area (Å²) in [5.41, 5.74) is 1.38. The second-order valence-electron chi connectivity index (χ2n) is 6.64. The van der Waals surface area contributed by atoms with Crippen molar-refractivity contribution in [1.82, 2.24) is 10.6 Å². The number of ether oxygens (including phenoxy) is 2. The predicted molar refractivity (Wildman–Crippen MR) is 109 cm³/mol. The van der Waals surface area contributed by atoms with Gasteiger partial charge in [0.05, 0.1) is 14.2 Å². The molecule has 0 fully saturated rings. The maximum absolute atomic E-state index is 12.8. The van der Waals surface area contributed by atoms with Crippen LogP contribution in [0.25, 0.3) is 0 Å². The highest BCUT2D eigenvalue weighted by Crippen LogP contribution is 2.22. The first kappa shape index (κ1) is 21.3. The fraction of sp³-hybridized carbons (Fsp3) is 0.364. The van der Waals surface area contributed by atoms with Crippen LogP contribution < -0.4 is 20.1 Å². The van der Waals surface area contributed by atoms with Crippen LogP contribution in [-0.4, -0.2) is 32.1 Å². The van der Waals surface area contributed by atoms with Gasteiger partial charge in [-0.25, -0.2) is 0 Å². The number of hydrogen-bond acceptors (Lipinski definition) is 4. The van der Waals surface area contributed by atoms with Crippen LogP contribution in [-0.2, 0) is 11.3 Å². The highest BCUT2D eigenvalue weighted by Gasteiger charge is 2.26. The van der Waals surface area contributed by atoms with Crippen molar-refractivity contribution in [3.8, 4) is 11.5 Å². The van der Waals surface area contributed by atoms with Crippen molar-refractivity contribution in [3.63, 3.8) is 0 Å². The van der Waals surface area contributed by atoms with Crippen molar-refractivity contribution in [2.75, 3.05) is 14.2 Å². The lowest BCUT2D eigenvalue weighted by Crippen LogP contribution is -2.50. The Morgan fingerprint density at radius 1 is 1.00 bits per heavy atom. The summed E-state index contributed by atoms with van der Waals surface area (Å²) in [7, 11) is 3.16. The van der Waals surface area contributed by atoms with Gasteiger partial charge in [-0.1, -0.05) is 38.5 Å². The van der Waals surface area contributed by atoms with Crippen LogP contribution in [0, 0.1) is 5.92 Å². The van der Waals surface area contributed by atoms with Crippen molar-refractivity contribution >= 4 is 11.8 Å². The summed E-state index contributed by atoms with van der Waals surface area (Å²) < 4.78 is 10.5. The van der Waals surface area contributed by atoms with E-state index in [0.29, 0.717) is 23.6 Å². The molecule has 2 N–H and O–H groups in total. The van der Waals surface area contributed by atoms with E-state index in [-0.39, 0.29) is 17.7 Å². The Bertz CT molecular complexity index is 770. The molecule has 0 aliphatic heterocycles. The Morgan fingerprint density at radius 2 is 1.61 bits per heavy atom. The van der Waals surface area contributed by atoms with E-state index >= 15 is 0 Å². The normalized spacial score (nSPS) is 12.6. The third-order valence-electron chi connectivity index (χ3n) is 4.70. The molecule has 2 rings (SSSR count). The van der Waals surface area contributed by atoms with Gasteiger partial charge >= 0.3 is 0 Å². The Hall–Kier alpha value is -3.02. The Labute approximate surface area is 166 Å². The number of hydrogen-bond donors (Lipinski definition) is 2. The second kappa shape index (κ2) is 10.3. The van der Waals surface area contributed by atoms with Crippen molar-refractivity contribution in [1.29, 1.82) is 0 Å². The first-order valence-corrected chi connectivity index (χ1v) is 9.34. The van der Waals surface area contributed by atoms with Crippen LogP contribution in [0.5, 0.6) is 11.5 Å². The van der Waals surface area contributed by atoms with Gasteiger partial charge in [-0.05, 0) is 35.7 Å². The molecule has 0 saturated carbocycles. The zero-order valence-corrected chi connectivity index (χ0v) is 16.8. The fourth-order valence-electron chi connectivity index (χ4n) is 2.78. The smallest absolute Gasteiger partial charge is 0.251 e. The molecule has 0 saturated heterocycles. The summed E-state index contributed by atoms with van der Waals surface area (Å²) in [6, 6.07) is 13.7. The van der Waals surface area contributed by atoms with Crippen LogP contribution in [0.15, 0.2) is 48.5 Å². The average molecular weight is 384 g/mol. The third-order valence-corrected chi connectivity index (χ3v) is 4.70. The Morgan fingerprint density at radius 3 is 2.14 bits per heavy atom. The summed E-state index contributed by atoms with van der Waals surface area (Å²) >= 11 is 0. The van der Waals surface area contributed by atoms with Gasteiger partial charge < -0.3 is 20.1 Å². The molecule has 0 heterocycles. The minimum absolute atomic E-state index is 0.00694. The number of benzene rings is 2. The maximum Gasteiger partial charge on any atom is 0.251 e. The zero-order chi connectivity index (χ0) is 20.5. The average Bonchev–Trinajstić information content (AvgIpc) is 2.75. The summed E-state index contributed by atoms with van der Waals surface area (Å²) in [4.78, 5) is 25.3. The molecule has 0 bridgehead atoms.